The van der Waals surface area contributed by atoms with Crippen molar-refractivity contribution in [3.63, 3.8) is 0 Å². The van der Waals surface area contributed by atoms with Crippen LogP contribution >= 0.6 is 0 Å². The highest BCUT2D eigenvalue weighted by atomic mass is 32.2. The van der Waals surface area contributed by atoms with Crippen LogP contribution in [0, 0.1) is 0 Å². The molecule has 0 spiro atoms. The molecule has 7 heteroatoms. The number of hydrogen-bond acceptors (Lipinski definition) is 4. The van der Waals surface area contributed by atoms with Crippen molar-refractivity contribution in [2.45, 2.75) is 38.6 Å². The second-order valence-electron chi connectivity index (χ2n) is 5.87. The number of carbonyl (C=O) groups excluding carboxylic acids is 1. The number of amides is 1. The molecule has 0 saturated carbocycles. The zero-order chi connectivity index (χ0) is 16.9. The van der Waals surface area contributed by atoms with Crippen LogP contribution in [0.5, 0.6) is 5.75 Å². The van der Waals surface area contributed by atoms with E-state index in [1.165, 1.54) is 6.07 Å². The van der Waals surface area contributed by atoms with Gasteiger partial charge in [0, 0.05) is 19.1 Å². The van der Waals surface area contributed by atoms with E-state index in [1.54, 1.807) is 23.1 Å². The zero-order valence-electron chi connectivity index (χ0n) is 13.4. The Morgan fingerprint density at radius 1 is 1.30 bits per heavy atom. The number of nitrogens with zero attached hydrogens (tertiary/aromatic N) is 1. The molecule has 1 heterocycles. The Hall–Kier alpha value is -1.60. The van der Waals surface area contributed by atoms with Gasteiger partial charge in [0.2, 0.25) is 10.0 Å². The van der Waals surface area contributed by atoms with E-state index in [2.05, 4.69) is 4.72 Å². The molecule has 0 bridgehead atoms. The molecule has 1 aliphatic rings. The van der Waals surface area contributed by atoms with Gasteiger partial charge in [-0.2, -0.15) is 0 Å². The van der Waals surface area contributed by atoms with Gasteiger partial charge in [-0.1, -0.05) is 25.5 Å². The molecule has 1 saturated heterocycles. The molecule has 128 valence electrons. The van der Waals surface area contributed by atoms with Crippen LogP contribution in [0.2, 0.25) is 0 Å². The highest BCUT2D eigenvalue weighted by Gasteiger charge is 2.27. The first-order valence-corrected chi connectivity index (χ1v) is 9.65. The molecule has 0 aromatic heterocycles. The molecular formula is C16H24N2O4S. The predicted molar refractivity (Wildman–Crippen MR) is 88.9 cm³/mol. The lowest BCUT2D eigenvalue weighted by molar-refractivity contribution is 0.0708. The Labute approximate surface area is 137 Å². The van der Waals surface area contributed by atoms with E-state index in [-0.39, 0.29) is 29.0 Å². The van der Waals surface area contributed by atoms with Gasteiger partial charge in [-0.3, -0.25) is 4.79 Å². The fourth-order valence-electron chi connectivity index (χ4n) is 2.67. The number of para-hydroxylation sites is 1. The first-order chi connectivity index (χ1) is 10.9. The molecule has 1 amide bonds. The molecule has 0 atom stereocenters. The quantitative estimate of drug-likeness (QED) is 0.825. The number of nitrogens with one attached hydrogen (secondary N) is 1. The summed E-state index contributed by atoms with van der Waals surface area (Å²) in [7, 11) is -3.23. The minimum atomic E-state index is -3.23. The van der Waals surface area contributed by atoms with Crippen LogP contribution in [-0.4, -0.2) is 49.2 Å². The van der Waals surface area contributed by atoms with Gasteiger partial charge in [-0.05, 0) is 31.4 Å². The number of aromatic hydroxyl groups is 1. The van der Waals surface area contributed by atoms with E-state index in [0.717, 1.165) is 6.42 Å². The van der Waals surface area contributed by atoms with Crippen molar-refractivity contribution in [2.24, 2.45) is 0 Å². The number of likely N-dealkylation sites (tertiary alicyclic amines) is 1. The van der Waals surface area contributed by atoms with Gasteiger partial charge < -0.3 is 10.0 Å². The van der Waals surface area contributed by atoms with Crippen LogP contribution in [0.3, 0.4) is 0 Å². The van der Waals surface area contributed by atoms with Crippen LogP contribution in [-0.2, 0) is 10.0 Å². The summed E-state index contributed by atoms with van der Waals surface area (Å²) >= 11 is 0. The smallest absolute Gasteiger partial charge is 0.257 e. The first-order valence-electron chi connectivity index (χ1n) is 8.00. The summed E-state index contributed by atoms with van der Waals surface area (Å²) in [5.41, 5.74) is 0.287. The third-order valence-electron chi connectivity index (χ3n) is 4.03. The number of carbonyl (C=O) groups is 1. The summed E-state index contributed by atoms with van der Waals surface area (Å²) in [6.07, 6.45) is 2.67. The summed E-state index contributed by atoms with van der Waals surface area (Å²) in [4.78, 5) is 14.0. The monoisotopic (exact) mass is 340 g/mol. The zero-order valence-corrected chi connectivity index (χ0v) is 14.2. The Morgan fingerprint density at radius 3 is 2.57 bits per heavy atom. The minimum Gasteiger partial charge on any atom is -0.507 e. The maximum Gasteiger partial charge on any atom is 0.257 e. The molecule has 0 radical (unpaired) electrons. The van der Waals surface area contributed by atoms with Gasteiger partial charge >= 0.3 is 0 Å². The second kappa shape index (κ2) is 7.79. The Kier molecular flexibility index (Phi) is 6.01. The van der Waals surface area contributed by atoms with Crippen LogP contribution in [0.25, 0.3) is 0 Å². The Balaban J connectivity index is 1.89. The van der Waals surface area contributed by atoms with Crippen molar-refractivity contribution in [1.82, 2.24) is 9.62 Å². The van der Waals surface area contributed by atoms with Gasteiger partial charge in [0.25, 0.3) is 5.91 Å². The molecule has 1 aliphatic heterocycles. The van der Waals surface area contributed by atoms with Gasteiger partial charge in [0.15, 0.2) is 0 Å². The lowest BCUT2D eigenvalue weighted by Gasteiger charge is -2.32. The number of phenolic OH excluding ortho intramolecular Hbond substituents is 1. The first kappa shape index (κ1) is 17.7. The van der Waals surface area contributed by atoms with E-state index in [0.29, 0.717) is 32.4 Å². The normalized spacial score (nSPS) is 16.5. The van der Waals surface area contributed by atoms with Crippen molar-refractivity contribution < 1.29 is 18.3 Å². The Bertz CT molecular complexity index is 637. The van der Waals surface area contributed by atoms with Crippen molar-refractivity contribution in [3.05, 3.63) is 29.8 Å². The highest BCUT2D eigenvalue weighted by molar-refractivity contribution is 7.89. The second-order valence-corrected chi connectivity index (χ2v) is 7.75. The van der Waals surface area contributed by atoms with E-state index in [1.807, 2.05) is 6.92 Å². The molecule has 1 aromatic rings. The maximum absolute atomic E-state index is 12.4. The van der Waals surface area contributed by atoms with Crippen molar-refractivity contribution >= 4 is 15.9 Å². The largest absolute Gasteiger partial charge is 0.507 e. The van der Waals surface area contributed by atoms with Crippen LogP contribution in [0.1, 0.15) is 43.0 Å². The molecule has 1 fully saturated rings. The lowest BCUT2D eigenvalue weighted by Crippen LogP contribution is -2.47. The van der Waals surface area contributed by atoms with E-state index < -0.39 is 10.0 Å². The summed E-state index contributed by atoms with van der Waals surface area (Å²) in [5.74, 6) is -0.0872. The molecular weight excluding hydrogens is 316 g/mol. The number of hydrogen-bond donors (Lipinski definition) is 2. The average molecular weight is 340 g/mol. The van der Waals surface area contributed by atoms with E-state index in [9.17, 15) is 18.3 Å². The van der Waals surface area contributed by atoms with Crippen LogP contribution in [0.15, 0.2) is 24.3 Å². The molecule has 2 N–H and O–H groups in total. The number of unbranched alkanes of at least 4 members (excludes halogenated alkanes) is 1. The number of phenols is 1. The molecule has 0 unspecified atom stereocenters. The fraction of sp³-hybridized carbons (Fsp3) is 0.562. The van der Waals surface area contributed by atoms with Crippen molar-refractivity contribution in [2.75, 3.05) is 18.8 Å². The molecule has 0 aliphatic carbocycles. The van der Waals surface area contributed by atoms with Gasteiger partial charge in [-0.15, -0.1) is 0 Å². The average Bonchev–Trinajstić information content (AvgIpc) is 2.53. The SMILES string of the molecule is CCCCS(=O)(=O)NC1CCN(C(=O)c2ccccc2O)CC1. The van der Waals surface area contributed by atoms with Crippen molar-refractivity contribution in [3.8, 4) is 5.75 Å². The Morgan fingerprint density at radius 2 is 1.96 bits per heavy atom. The standard InChI is InChI=1S/C16H24N2O4S/c1-2-3-12-23(21,22)17-13-8-10-18(11-9-13)16(20)14-6-4-5-7-15(14)19/h4-7,13,17,19H,2-3,8-12H2,1H3. The molecule has 1 aromatic carbocycles. The number of piperidine rings is 1. The number of rotatable bonds is 6. The number of benzene rings is 1. The third kappa shape index (κ3) is 4.94. The van der Waals surface area contributed by atoms with E-state index in [4.69, 9.17) is 0 Å². The van der Waals surface area contributed by atoms with Crippen molar-refractivity contribution in [1.29, 1.82) is 0 Å². The van der Waals surface area contributed by atoms with Gasteiger partial charge in [0.05, 0.1) is 11.3 Å². The number of sulfonamides is 1. The molecule has 2 rings (SSSR count). The minimum absolute atomic E-state index is 0.0279. The topological polar surface area (TPSA) is 86.7 Å². The summed E-state index contributed by atoms with van der Waals surface area (Å²) < 4.78 is 26.6. The van der Waals surface area contributed by atoms with Gasteiger partial charge in [-0.25, -0.2) is 13.1 Å². The highest BCUT2D eigenvalue weighted by Crippen LogP contribution is 2.20. The fourth-order valence-corrected chi connectivity index (χ4v) is 4.20. The summed E-state index contributed by atoms with van der Waals surface area (Å²) in [6.45, 7) is 2.92. The summed E-state index contributed by atoms with van der Waals surface area (Å²) in [6, 6.07) is 6.34. The van der Waals surface area contributed by atoms with E-state index >= 15 is 0 Å². The third-order valence-corrected chi connectivity index (χ3v) is 5.55. The van der Waals surface area contributed by atoms with Crippen LogP contribution < -0.4 is 4.72 Å². The van der Waals surface area contributed by atoms with Crippen LogP contribution in [0.4, 0.5) is 0 Å². The maximum atomic E-state index is 12.4. The molecule has 6 nitrogen and oxygen atoms in total. The summed E-state index contributed by atoms with van der Waals surface area (Å²) in [5, 5.41) is 9.76. The molecule has 23 heavy (non-hydrogen) atoms. The lowest BCUT2D eigenvalue weighted by atomic mass is 10.0. The van der Waals surface area contributed by atoms with Gasteiger partial charge in [0.1, 0.15) is 5.75 Å². The predicted octanol–water partition coefficient (Wildman–Crippen LogP) is 1.72.